The minimum Gasteiger partial charge on any atom is -0.350 e. The largest absolute Gasteiger partial charge is 0.350 e. The molecule has 0 saturated carbocycles. The third-order valence-electron chi connectivity index (χ3n) is 5.67. The Morgan fingerprint density at radius 2 is 1.49 bits per heavy atom. The number of sulfonamides is 1. The van der Waals surface area contributed by atoms with Crippen LogP contribution in [0.25, 0.3) is 0 Å². The standard InChI is InChI=1S/C27H39N3O4S/c1-8-21-14-16-23(17-15-21)30(35(7,33)34)19-25(31)29(18-22-12-10-20(3)11-13-22)24(9-2)26(32)28-27(4,5)6/h10-17,24H,8-9,18-19H2,1-7H3,(H,28,32)/t24-/m0/s1. The van der Waals surface area contributed by atoms with E-state index in [1.807, 2.05) is 77.9 Å². The van der Waals surface area contributed by atoms with Crippen LogP contribution in [0.3, 0.4) is 0 Å². The molecule has 0 aromatic heterocycles. The maximum absolute atomic E-state index is 13.7. The molecule has 0 aliphatic carbocycles. The van der Waals surface area contributed by atoms with E-state index in [-0.39, 0.29) is 12.5 Å². The van der Waals surface area contributed by atoms with E-state index in [9.17, 15) is 18.0 Å². The second kappa shape index (κ2) is 11.7. The highest BCUT2D eigenvalue weighted by Gasteiger charge is 2.33. The van der Waals surface area contributed by atoms with E-state index in [0.29, 0.717) is 12.1 Å². The molecule has 35 heavy (non-hydrogen) atoms. The summed E-state index contributed by atoms with van der Waals surface area (Å²) in [6.07, 6.45) is 2.30. The molecule has 0 unspecified atom stereocenters. The molecule has 0 bridgehead atoms. The van der Waals surface area contributed by atoms with Crippen molar-refractivity contribution in [2.45, 2.75) is 72.5 Å². The molecule has 2 aromatic carbocycles. The number of benzene rings is 2. The molecule has 0 aliphatic rings. The highest BCUT2D eigenvalue weighted by Crippen LogP contribution is 2.21. The van der Waals surface area contributed by atoms with Crippen LogP contribution >= 0.6 is 0 Å². The molecule has 1 atom stereocenters. The average molecular weight is 502 g/mol. The Morgan fingerprint density at radius 1 is 0.943 bits per heavy atom. The van der Waals surface area contributed by atoms with Crippen molar-refractivity contribution in [1.29, 1.82) is 0 Å². The van der Waals surface area contributed by atoms with Crippen LogP contribution in [0.4, 0.5) is 5.69 Å². The molecule has 0 spiro atoms. The van der Waals surface area contributed by atoms with Crippen LogP contribution in [0, 0.1) is 6.92 Å². The SMILES string of the molecule is CCc1ccc(N(CC(=O)N(Cc2ccc(C)cc2)[C@@H](CC)C(=O)NC(C)(C)C)S(C)(=O)=O)cc1. The zero-order valence-corrected chi connectivity index (χ0v) is 22.8. The predicted molar refractivity (Wildman–Crippen MR) is 142 cm³/mol. The van der Waals surface area contributed by atoms with E-state index in [2.05, 4.69) is 5.32 Å². The van der Waals surface area contributed by atoms with Gasteiger partial charge in [0.15, 0.2) is 0 Å². The third kappa shape index (κ3) is 8.38. The first-order chi connectivity index (χ1) is 16.2. The number of anilines is 1. The molecule has 0 aliphatic heterocycles. The van der Waals surface area contributed by atoms with Gasteiger partial charge in [0.05, 0.1) is 11.9 Å². The topological polar surface area (TPSA) is 86.8 Å². The fourth-order valence-corrected chi connectivity index (χ4v) is 4.62. The summed E-state index contributed by atoms with van der Waals surface area (Å²) in [5, 5.41) is 2.96. The Hall–Kier alpha value is -2.87. The molecule has 2 amide bonds. The number of rotatable bonds is 10. The Kier molecular flexibility index (Phi) is 9.49. The number of nitrogens with one attached hydrogen (secondary N) is 1. The summed E-state index contributed by atoms with van der Waals surface area (Å²) in [5.41, 5.74) is 2.97. The van der Waals surface area contributed by atoms with Gasteiger partial charge in [0.1, 0.15) is 12.6 Å². The summed E-state index contributed by atoms with van der Waals surface area (Å²) < 4.78 is 26.5. The number of hydrogen-bond acceptors (Lipinski definition) is 4. The fraction of sp³-hybridized carbons (Fsp3) is 0.481. The lowest BCUT2D eigenvalue weighted by atomic mass is 10.1. The van der Waals surface area contributed by atoms with Crippen LogP contribution in [0.2, 0.25) is 0 Å². The van der Waals surface area contributed by atoms with Gasteiger partial charge in [-0.15, -0.1) is 0 Å². The summed E-state index contributed by atoms with van der Waals surface area (Å²) in [6.45, 7) is 11.3. The highest BCUT2D eigenvalue weighted by atomic mass is 32.2. The number of hydrogen-bond donors (Lipinski definition) is 1. The fourth-order valence-electron chi connectivity index (χ4n) is 3.77. The molecular weight excluding hydrogens is 462 g/mol. The average Bonchev–Trinajstić information content (AvgIpc) is 2.76. The van der Waals surface area contributed by atoms with Crippen molar-refractivity contribution in [3.05, 3.63) is 65.2 Å². The minimum atomic E-state index is -3.74. The van der Waals surface area contributed by atoms with Gasteiger partial charge in [-0.2, -0.15) is 0 Å². The molecule has 8 heteroatoms. The van der Waals surface area contributed by atoms with E-state index in [1.54, 1.807) is 12.1 Å². The maximum atomic E-state index is 13.7. The van der Waals surface area contributed by atoms with Crippen LogP contribution < -0.4 is 9.62 Å². The van der Waals surface area contributed by atoms with Crippen LogP contribution in [0.15, 0.2) is 48.5 Å². The number of carbonyl (C=O) groups is 2. The number of amides is 2. The van der Waals surface area contributed by atoms with Gasteiger partial charge in [0, 0.05) is 12.1 Å². The number of aryl methyl sites for hydroxylation is 2. The first-order valence-electron chi connectivity index (χ1n) is 12.0. The van der Waals surface area contributed by atoms with Gasteiger partial charge in [0.25, 0.3) is 0 Å². The van der Waals surface area contributed by atoms with Gasteiger partial charge in [-0.25, -0.2) is 8.42 Å². The van der Waals surface area contributed by atoms with Crippen molar-refractivity contribution in [2.24, 2.45) is 0 Å². The Balaban J connectivity index is 2.44. The second-order valence-electron chi connectivity index (χ2n) is 9.96. The summed E-state index contributed by atoms with van der Waals surface area (Å²) in [7, 11) is -3.74. The predicted octanol–water partition coefficient (Wildman–Crippen LogP) is 4.05. The van der Waals surface area contributed by atoms with E-state index < -0.39 is 34.1 Å². The zero-order chi connectivity index (χ0) is 26.4. The van der Waals surface area contributed by atoms with Crippen molar-refractivity contribution in [3.63, 3.8) is 0 Å². The molecule has 0 heterocycles. The molecule has 7 nitrogen and oxygen atoms in total. The summed E-state index contributed by atoms with van der Waals surface area (Å²) in [4.78, 5) is 28.3. The summed E-state index contributed by atoms with van der Waals surface area (Å²) in [5.74, 6) is -0.704. The van der Waals surface area contributed by atoms with Crippen LogP contribution in [0.1, 0.15) is 57.7 Å². The maximum Gasteiger partial charge on any atom is 0.244 e. The Bertz CT molecular complexity index is 1100. The van der Waals surface area contributed by atoms with Crippen molar-refractivity contribution in [2.75, 3.05) is 17.1 Å². The van der Waals surface area contributed by atoms with Gasteiger partial charge in [-0.05, 0) is 63.8 Å². The van der Waals surface area contributed by atoms with Gasteiger partial charge >= 0.3 is 0 Å². The normalized spacial score (nSPS) is 12.7. The quantitative estimate of drug-likeness (QED) is 0.532. The monoisotopic (exact) mass is 501 g/mol. The van der Waals surface area contributed by atoms with Crippen LogP contribution in [-0.2, 0) is 32.6 Å². The third-order valence-corrected chi connectivity index (χ3v) is 6.81. The van der Waals surface area contributed by atoms with E-state index in [4.69, 9.17) is 0 Å². The number of nitrogens with zero attached hydrogens (tertiary/aromatic N) is 2. The first kappa shape index (κ1) is 28.4. The molecule has 1 N–H and O–H groups in total. The van der Waals surface area contributed by atoms with E-state index in [0.717, 1.165) is 33.7 Å². The second-order valence-corrected chi connectivity index (χ2v) is 11.9. The lowest BCUT2D eigenvalue weighted by Crippen LogP contribution is -2.55. The number of carbonyl (C=O) groups excluding carboxylic acids is 2. The van der Waals surface area contributed by atoms with Gasteiger partial charge in [0.2, 0.25) is 21.8 Å². The molecule has 0 fully saturated rings. The Labute approximate surface area is 210 Å². The van der Waals surface area contributed by atoms with E-state index in [1.165, 1.54) is 4.90 Å². The van der Waals surface area contributed by atoms with E-state index >= 15 is 0 Å². The molecule has 192 valence electrons. The summed E-state index contributed by atoms with van der Waals surface area (Å²) >= 11 is 0. The highest BCUT2D eigenvalue weighted by molar-refractivity contribution is 7.92. The van der Waals surface area contributed by atoms with Gasteiger partial charge in [-0.3, -0.25) is 13.9 Å². The molecule has 0 saturated heterocycles. The van der Waals surface area contributed by atoms with Crippen molar-refractivity contribution >= 4 is 27.5 Å². The molecule has 2 aromatic rings. The summed E-state index contributed by atoms with van der Waals surface area (Å²) in [6, 6.07) is 14.1. The smallest absolute Gasteiger partial charge is 0.244 e. The molecule has 0 radical (unpaired) electrons. The molecular formula is C27H39N3O4S. The lowest BCUT2D eigenvalue weighted by Gasteiger charge is -2.34. The zero-order valence-electron chi connectivity index (χ0n) is 22.0. The van der Waals surface area contributed by atoms with Gasteiger partial charge < -0.3 is 10.2 Å². The van der Waals surface area contributed by atoms with Crippen LogP contribution in [0.5, 0.6) is 0 Å². The first-order valence-corrected chi connectivity index (χ1v) is 13.8. The van der Waals surface area contributed by atoms with Crippen molar-refractivity contribution in [3.8, 4) is 0 Å². The Morgan fingerprint density at radius 3 is 1.94 bits per heavy atom. The van der Waals surface area contributed by atoms with Crippen molar-refractivity contribution < 1.29 is 18.0 Å². The van der Waals surface area contributed by atoms with Crippen molar-refractivity contribution in [1.82, 2.24) is 10.2 Å². The molecule has 2 rings (SSSR count). The van der Waals surface area contributed by atoms with Gasteiger partial charge in [-0.1, -0.05) is 55.8 Å². The minimum absolute atomic E-state index is 0.196. The van der Waals surface area contributed by atoms with Crippen LogP contribution in [-0.4, -0.2) is 49.5 Å². The lowest BCUT2D eigenvalue weighted by molar-refractivity contribution is -0.141.